The Bertz CT molecular complexity index is 193. The Morgan fingerprint density at radius 1 is 1.64 bits per heavy atom. The minimum Gasteiger partial charge on any atom is -0.387 e. The molecule has 0 aromatic carbocycles. The lowest BCUT2D eigenvalue weighted by molar-refractivity contribution is 0.186. The van der Waals surface area contributed by atoms with Crippen molar-refractivity contribution < 1.29 is 5.11 Å². The topological polar surface area (TPSA) is 59.1 Å². The van der Waals surface area contributed by atoms with Gasteiger partial charge in [0.15, 0.2) is 0 Å². The van der Waals surface area contributed by atoms with Crippen LogP contribution in [0.1, 0.15) is 11.7 Å². The van der Waals surface area contributed by atoms with Crippen LogP contribution < -0.4 is 5.73 Å². The van der Waals surface area contributed by atoms with Crippen molar-refractivity contribution >= 4 is 12.4 Å². The van der Waals surface area contributed by atoms with Gasteiger partial charge in [-0.15, -0.1) is 12.4 Å². The fraction of sp³-hybridized carbons (Fsp3) is 0.286. The summed E-state index contributed by atoms with van der Waals surface area (Å²) in [5.41, 5.74) is 5.99. The van der Waals surface area contributed by atoms with Crippen LogP contribution in [0, 0.1) is 0 Å². The largest absolute Gasteiger partial charge is 0.387 e. The normalized spacial score (nSPS) is 11.8. The number of rotatable bonds is 2. The third kappa shape index (κ3) is 2.84. The van der Waals surface area contributed by atoms with Gasteiger partial charge in [0.25, 0.3) is 0 Å². The molecule has 0 saturated carbocycles. The third-order valence-corrected chi connectivity index (χ3v) is 1.29. The van der Waals surface area contributed by atoms with Crippen LogP contribution in [-0.4, -0.2) is 16.6 Å². The summed E-state index contributed by atoms with van der Waals surface area (Å²) in [7, 11) is 0. The van der Waals surface area contributed by atoms with E-state index in [-0.39, 0.29) is 19.0 Å². The minimum absolute atomic E-state index is 0. The molecule has 62 valence electrons. The van der Waals surface area contributed by atoms with E-state index in [4.69, 9.17) is 10.8 Å². The van der Waals surface area contributed by atoms with E-state index < -0.39 is 6.10 Å². The molecule has 1 aromatic rings. The maximum atomic E-state index is 9.16. The van der Waals surface area contributed by atoms with Crippen molar-refractivity contribution in [1.82, 2.24) is 4.98 Å². The van der Waals surface area contributed by atoms with E-state index in [0.29, 0.717) is 0 Å². The first-order chi connectivity index (χ1) is 4.84. The van der Waals surface area contributed by atoms with Crippen LogP contribution in [0.2, 0.25) is 0 Å². The summed E-state index contributed by atoms with van der Waals surface area (Å²) >= 11 is 0. The zero-order valence-corrected chi connectivity index (χ0v) is 6.79. The van der Waals surface area contributed by atoms with Crippen molar-refractivity contribution in [2.75, 3.05) is 6.54 Å². The van der Waals surface area contributed by atoms with Gasteiger partial charge in [-0.05, 0) is 6.07 Å². The molecule has 0 fully saturated rings. The standard InChI is InChI=1S/C7H10N2O.ClH/c8-4-7(10)6-2-1-3-9-5-6;/h1-3,5,7,10H,4,8H2;1H. The number of hydrogen-bond donors (Lipinski definition) is 2. The maximum Gasteiger partial charge on any atom is 0.0927 e. The first-order valence-corrected chi connectivity index (χ1v) is 3.12. The highest BCUT2D eigenvalue weighted by molar-refractivity contribution is 5.85. The van der Waals surface area contributed by atoms with Gasteiger partial charge in [-0.2, -0.15) is 0 Å². The Morgan fingerprint density at radius 2 is 2.36 bits per heavy atom. The molecular formula is C7H11ClN2O. The number of pyridine rings is 1. The van der Waals surface area contributed by atoms with Crippen LogP contribution in [0.25, 0.3) is 0 Å². The van der Waals surface area contributed by atoms with Crippen molar-refractivity contribution in [3.05, 3.63) is 30.1 Å². The molecule has 0 aliphatic carbocycles. The Hall–Kier alpha value is -0.640. The van der Waals surface area contributed by atoms with Crippen LogP contribution in [0.4, 0.5) is 0 Å². The van der Waals surface area contributed by atoms with E-state index in [1.165, 1.54) is 0 Å². The summed E-state index contributed by atoms with van der Waals surface area (Å²) in [4.78, 5) is 3.84. The third-order valence-electron chi connectivity index (χ3n) is 1.29. The van der Waals surface area contributed by atoms with E-state index in [2.05, 4.69) is 4.98 Å². The van der Waals surface area contributed by atoms with Crippen molar-refractivity contribution in [3.63, 3.8) is 0 Å². The lowest BCUT2D eigenvalue weighted by Crippen LogP contribution is -2.11. The van der Waals surface area contributed by atoms with Crippen LogP contribution in [0.5, 0.6) is 0 Å². The van der Waals surface area contributed by atoms with E-state index in [9.17, 15) is 0 Å². The molecule has 0 amide bonds. The quantitative estimate of drug-likeness (QED) is 0.687. The Morgan fingerprint density at radius 3 is 2.82 bits per heavy atom. The van der Waals surface area contributed by atoms with Crippen LogP contribution >= 0.6 is 12.4 Å². The lowest BCUT2D eigenvalue weighted by Gasteiger charge is -2.05. The van der Waals surface area contributed by atoms with Crippen LogP contribution in [-0.2, 0) is 0 Å². The molecule has 0 aliphatic heterocycles. The summed E-state index contributed by atoms with van der Waals surface area (Å²) in [5, 5.41) is 9.16. The number of aliphatic hydroxyl groups is 1. The van der Waals surface area contributed by atoms with E-state index in [1.807, 2.05) is 0 Å². The van der Waals surface area contributed by atoms with Gasteiger partial charge in [-0.1, -0.05) is 6.07 Å². The van der Waals surface area contributed by atoms with Gasteiger partial charge < -0.3 is 10.8 Å². The highest BCUT2D eigenvalue weighted by atomic mass is 35.5. The molecule has 1 heterocycles. The number of nitrogens with two attached hydrogens (primary N) is 1. The van der Waals surface area contributed by atoms with E-state index in [0.717, 1.165) is 5.56 Å². The highest BCUT2D eigenvalue weighted by Gasteiger charge is 2.02. The predicted molar refractivity (Wildman–Crippen MR) is 45.5 cm³/mol. The molecule has 0 bridgehead atoms. The van der Waals surface area contributed by atoms with E-state index in [1.54, 1.807) is 24.5 Å². The second-order valence-electron chi connectivity index (χ2n) is 2.04. The molecule has 4 heteroatoms. The Balaban J connectivity index is 0.000001000. The molecule has 0 saturated heterocycles. The molecule has 3 N–H and O–H groups in total. The zero-order chi connectivity index (χ0) is 7.40. The molecule has 11 heavy (non-hydrogen) atoms. The minimum atomic E-state index is -0.575. The predicted octanol–water partition coefficient (Wildman–Crippen LogP) is 0.496. The first kappa shape index (κ1) is 10.4. The van der Waals surface area contributed by atoms with Crippen molar-refractivity contribution in [1.29, 1.82) is 0 Å². The van der Waals surface area contributed by atoms with Gasteiger partial charge >= 0.3 is 0 Å². The number of aromatic nitrogens is 1. The van der Waals surface area contributed by atoms with Gasteiger partial charge in [0.1, 0.15) is 0 Å². The molecule has 0 spiro atoms. The Labute approximate surface area is 71.7 Å². The second-order valence-corrected chi connectivity index (χ2v) is 2.04. The van der Waals surface area contributed by atoms with Crippen LogP contribution in [0.3, 0.4) is 0 Å². The molecule has 0 radical (unpaired) electrons. The smallest absolute Gasteiger partial charge is 0.0927 e. The number of halogens is 1. The van der Waals surface area contributed by atoms with Crippen LogP contribution in [0.15, 0.2) is 24.5 Å². The highest BCUT2D eigenvalue weighted by Crippen LogP contribution is 2.07. The summed E-state index contributed by atoms with van der Waals surface area (Å²) in [6.07, 6.45) is 2.69. The van der Waals surface area contributed by atoms with Crippen molar-refractivity contribution in [3.8, 4) is 0 Å². The average Bonchev–Trinajstić information content (AvgIpc) is 2.05. The molecule has 1 unspecified atom stereocenters. The first-order valence-electron chi connectivity index (χ1n) is 3.12. The zero-order valence-electron chi connectivity index (χ0n) is 5.97. The summed E-state index contributed by atoms with van der Waals surface area (Å²) < 4.78 is 0. The fourth-order valence-corrected chi connectivity index (χ4v) is 0.709. The number of nitrogens with zero attached hydrogens (tertiary/aromatic N) is 1. The van der Waals surface area contributed by atoms with Crippen molar-refractivity contribution in [2.45, 2.75) is 6.10 Å². The average molecular weight is 175 g/mol. The number of aliphatic hydroxyl groups excluding tert-OH is 1. The lowest BCUT2D eigenvalue weighted by atomic mass is 10.2. The molecular weight excluding hydrogens is 164 g/mol. The molecule has 0 aliphatic rings. The van der Waals surface area contributed by atoms with Gasteiger partial charge in [0, 0.05) is 24.5 Å². The molecule has 1 aromatic heterocycles. The van der Waals surface area contributed by atoms with E-state index >= 15 is 0 Å². The molecule has 1 rings (SSSR count). The fourth-order valence-electron chi connectivity index (χ4n) is 0.709. The maximum absolute atomic E-state index is 9.16. The SMILES string of the molecule is Cl.NCC(O)c1cccnc1. The summed E-state index contributed by atoms with van der Waals surface area (Å²) in [6, 6.07) is 3.57. The summed E-state index contributed by atoms with van der Waals surface area (Å²) in [6.45, 7) is 0.242. The van der Waals surface area contributed by atoms with Gasteiger partial charge in [-0.3, -0.25) is 4.98 Å². The summed E-state index contributed by atoms with van der Waals surface area (Å²) in [5.74, 6) is 0. The molecule has 1 atom stereocenters. The Kier molecular flexibility index (Phi) is 4.77. The second kappa shape index (κ2) is 5.07. The van der Waals surface area contributed by atoms with Gasteiger partial charge in [-0.25, -0.2) is 0 Å². The number of hydrogen-bond acceptors (Lipinski definition) is 3. The van der Waals surface area contributed by atoms with Gasteiger partial charge in [0.2, 0.25) is 0 Å². The van der Waals surface area contributed by atoms with Crippen molar-refractivity contribution in [2.24, 2.45) is 5.73 Å². The molecule has 3 nitrogen and oxygen atoms in total. The van der Waals surface area contributed by atoms with Gasteiger partial charge in [0.05, 0.1) is 6.10 Å². The monoisotopic (exact) mass is 174 g/mol.